The number of rotatable bonds is 7. The van der Waals surface area contributed by atoms with E-state index in [0.717, 1.165) is 39.6 Å². The summed E-state index contributed by atoms with van der Waals surface area (Å²) in [5.74, 6) is 0.0524. The third-order valence-corrected chi connectivity index (χ3v) is 6.87. The molecule has 0 fully saturated rings. The number of aliphatic hydroxyl groups excluding tert-OH is 2. The molecule has 5 rings (SSSR count). The molecule has 2 aliphatic carbocycles. The van der Waals surface area contributed by atoms with Crippen LogP contribution in [-0.2, 0) is 17.6 Å². The fraction of sp³-hybridized carbons (Fsp3) is 0.219. The molecule has 0 aliphatic heterocycles. The van der Waals surface area contributed by atoms with Gasteiger partial charge in [0.15, 0.2) is 5.82 Å². The van der Waals surface area contributed by atoms with Gasteiger partial charge in [0.2, 0.25) is 5.91 Å². The molecule has 0 radical (unpaired) electrons. The van der Waals surface area contributed by atoms with Crippen LogP contribution in [0.15, 0.2) is 96.1 Å². The van der Waals surface area contributed by atoms with Crippen molar-refractivity contribution in [2.45, 2.75) is 38.7 Å². The van der Waals surface area contributed by atoms with Crippen LogP contribution in [-0.4, -0.2) is 32.7 Å². The van der Waals surface area contributed by atoms with Crippen LogP contribution in [0.3, 0.4) is 0 Å². The Kier molecular flexibility index (Phi) is 7.73. The second-order valence-corrected chi connectivity index (χ2v) is 9.57. The quantitative estimate of drug-likeness (QED) is 0.391. The summed E-state index contributed by atoms with van der Waals surface area (Å²) in [5.41, 5.74) is 5.36. The van der Waals surface area contributed by atoms with Crippen LogP contribution in [0.25, 0.3) is 16.3 Å². The van der Waals surface area contributed by atoms with Crippen LogP contribution >= 0.6 is 0 Å². The van der Waals surface area contributed by atoms with E-state index >= 15 is 0 Å². The van der Waals surface area contributed by atoms with Gasteiger partial charge < -0.3 is 15.5 Å². The monoisotopic (exact) mass is 505 g/mol. The number of anilines is 1. The number of aromatic nitrogens is 2. The molecule has 2 aromatic carbocycles. The van der Waals surface area contributed by atoms with Gasteiger partial charge in [-0.3, -0.25) is 4.79 Å². The normalized spacial score (nSPS) is 15.9. The van der Waals surface area contributed by atoms with Crippen LogP contribution in [0.1, 0.15) is 48.5 Å². The Morgan fingerprint density at radius 1 is 1.11 bits per heavy atom. The van der Waals surface area contributed by atoms with E-state index in [-0.39, 0.29) is 24.8 Å². The fourth-order valence-electron chi connectivity index (χ4n) is 4.86. The van der Waals surface area contributed by atoms with Crippen molar-refractivity contribution < 1.29 is 15.0 Å². The largest absolute Gasteiger partial charge is 0.392 e. The zero-order valence-electron chi connectivity index (χ0n) is 21.4. The van der Waals surface area contributed by atoms with Crippen molar-refractivity contribution in [3.63, 3.8) is 0 Å². The molecule has 6 heteroatoms. The molecule has 6 nitrogen and oxygen atoms in total. The molecule has 0 saturated heterocycles. The second kappa shape index (κ2) is 11.5. The van der Waals surface area contributed by atoms with E-state index in [1.165, 1.54) is 0 Å². The summed E-state index contributed by atoms with van der Waals surface area (Å²) < 4.78 is 0. The van der Waals surface area contributed by atoms with Crippen molar-refractivity contribution in [2.75, 3.05) is 11.9 Å². The van der Waals surface area contributed by atoms with Crippen molar-refractivity contribution in [1.29, 1.82) is 0 Å². The first-order chi connectivity index (χ1) is 18.5. The molecule has 2 aliphatic rings. The van der Waals surface area contributed by atoms with Crippen molar-refractivity contribution in [2.24, 2.45) is 0 Å². The predicted molar refractivity (Wildman–Crippen MR) is 151 cm³/mol. The molecule has 1 amide bonds. The molecule has 0 bridgehead atoms. The Labute approximate surface area is 222 Å². The summed E-state index contributed by atoms with van der Waals surface area (Å²) in [4.78, 5) is 22.9. The average molecular weight is 506 g/mol. The lowest BCUT2D eigenvalue weighted by Crippen LogP contribution is -2.21. The number of hydrogen-bond acceptors (Lipinski definition) is 5. The van der Waals surface area contributed by atoms with Gasteiger partial charge in [0.05, 0.1) is 24.4 Å². The lowest BCUT2D eigenvalue weighted by molar-refractivity contribution is -0.115. The molecule has 192 valence electrons. The zero-order chi connectivity index (χ0) is 26.5. The van der Waals surface area contributed by atoms with Crippen LogP contribution < -0.4 is 5.32 Å². The Morgan fingerprint density at radius 3 is 2.79 bits per heavy atom. The molecule has 1 heterocycles. The number of allylic oxidation sites excluding steroid dienone is 7. The van der Waals surface area contributed by atoms with Gasteiger partial charge in [-0.15, -0.1) is 0 Å². The van der Waals surface area contributed by atoms with Gasteiger partial charge in [-0.05, 0) is 48.1 Å². The number of hydrogen-bond donors (Lipinski definition) is 3. The fourth-order valence-corrected chi connectivity index (χ4v) is 4.86. The van der Waals surface area contributed by atoms with Gasteiger partial charge in [-0.1, -0.05) is 90.6 Å². The van der Waals surface area contributed by atoms with Gasteiger partial charge in [-0.2, -0.15) is 0 Å². The Hall–Kier alpha value is -4.13. The highest BCUT2D eigenvalue weighted by Gasteiger charge is 2.26. The third kappa shape index (κ3) is 5.57. The Balaban J connectivity index is 1.50. The predicted octanol–water partition coefficient (Wildman–Crippen LogP) is 5.56. The number of nitrogens with zero attached hydrogens (tertiary/aromatic N) is 2. The number of amides is 1. The van der Waals surface area contributed by atoms with E-state index < -0.39 is 6.10 Å². The lowest BCUT2D eigenvalue weighted by atomic mass is 9.92. The van der Waals surface area contributed by atoms with Gasteiger partial charge in [0.25, 0.3) is 0 Å². The van der Waals surface area contributed by atoms with Crippen molar-refractivity contribution in [3.8, 4) is 0 Å². The maximum atomic E-state index is 13.2. The van der Waals surface area contributed by atoms with Crippen molar-refractivity contribution in [3.05, 3.63) is 119 Å². The molecule has 1 atom stereocenters. The number of aryl methyl sites for hydroxylation is 1. The van der Waals surface area contributed by atoms with E-state index in [1.807, 2.05) is 85.8 Å². The first-order valence-electron chi connectivity index (χ1n) is 12.9. The summed E-state index contributed by atoms with van der Waals surface area (Å²) in [6.07, 6.45) is 14.4. The smallest absolute Gasteiger partial charge is 0.229 e. The molecule has 1 unspecified atom stereocenters. The first-order valence-corrected chi connectivity index (χ1v) is 12.9. The minimum absolute atomic E-state index is 0.0807. The Bertz CT molecular complexity index is 1530. The van der Waals surface area contributed by atoms with Gasteiger partial charge in [0, 0.05) is 5.57 Å². The summed E-state index contributed by atoms with van der Waals surface area (Å²) in [5, 5.41) is 25.9. The highest BCUT2D eigenvalue weighted by molar-refractivity contribution is 5.93. The van der Waals surface area contributed by atoms with Crippen LogP contribution in [0, 0.1) is 0 Å². The minimum Gasteiger partial charge on any atom is -0.392 e. The van der Waals surface area contributed by atoms with E-state index in [2.05, 4.69) is 5.32 Å². The molecule has 38 heavy (non-hydrogen) atoms. The number of benzene rings is 2. The second-order valence-electron chi connectivity index (χ2n) is 9.57. The molecule has 3 aromatic rings. The van der Waals surface area contributed by atoms with Crippen molar-refractivity contribution in [1.82, 2.24) is 9.97 Å². The SMILES string of the molecule is CC1=C(/C=C\CO)c2nc(C(O)C3=CCC=CC=C3)c(NC(=O)Cc3ccc4ccccc4c3)nc2CC1. The van der Waals surface area contributed by atoms with Gasteiger partial charge >= 0.3 is 0 Å². The number of nitrogens with one attached hydrogen (secondary N) is 1. The summed E-state index contributed by atoms with van der Waals surface area (Å²) in [6, 6.07) is 14.0. The number of aliphatic hydroxyl groups is 2. The molecule has 1 aromatic heterocycles. The molecular weight excluding hydrogens is 474 g/mol. The maximum Gasteiger partial charge on any atom is 0.229 e. The highest BCUT2D eigenvalue weighted by Crippen LogP contribution is 2.35. The zero-order valence-corrected chi connectivity index (χ0v) is 21.4. The standard InChI is InChI=1S/C32H31N3O3/c1-21-14-17-27-29(26(21)13-8-18-36)35-30(31(38)24-10-4-2-3-5-11-24)32(33-27)34-28(37)20-22-15-16-23-9-6-7-12-25(23)19-22/h2-4,6-13,15-16,19,31,36,38H,5,14,17-18,20H2,1H3,(H,33,34,37)/b13-8-. The summed E-state index contributed by atoms with van der Waals surface area (Å²) in [7, 11) is 0. The molecule has 0 spiro atoms. The van der Waals surface area contributed by atoms with Gasteiger partial charge in [0.1, 0.15) is 11.8 Å². The Morgan fingerprint density at radius 2 is 1.95 bits per heavy atom. The van der Waals surface area contributed by atoms with E-state index in [4.69, 9.17) is 9.97 Å². The third-order valence-electron chi connectivity index (χ3n) is 6.87. The number of fused-ring (bicyclic) bond motifs is 2. The number of carbonyl (C=O) groups is 1. The van der Waals surface area contributed by atoms with E-state index in [1.54, 1.807) is 6.08 Å². The highest BCUT2D eigenvalue weighted by atomic mass is 16.3. The lowest BCUT2D eigenvalue weighted by Gasteiger charge is -2.23. The minimum atomic E-state index is -1.06. The average Bonchev–Trinajstić information content (AvgIpc) is 3.22. The topological polar surface area (TPSA) is 95.3 Å². The van der Waals surface area contributed by atoms with Gasteiger partial charge in [-0.25, -0.2) is 9.97 Å². The summed E-state index contributed by atoms with van der Waals surface area (Å²) in [6.45, 7) is 1.96. The maximum absolute atomic E-state index is 13.2. The summed E-state index contributed by atoms with van der Waals surface area (Å²) >= 11 is 0. The van der Waals surface area contributed by atoms with E-state index in [9.17, 15) is 15.0 Å². The van der Waals surface area contributed by atoms with Crippen LogP contribution in [0.5, 0.6) is 0 Å². The molecule has 3 N–H and O–H groups in total. The number of carbonyl (C=O) groups excluding carboxylic acids is 1. The van der Waals surface area contributed by atoms with E-state index in [0.29, 0.717) is 29.8 Å². The van der Waals surface area contributed by atoms with Crippen LogP contribution in [0.2, 0.25) is 0 Å². The molecule has 0 saturated carbocycles. The first kappa shape index (κ1) is 25.5. The van der Waals surface area contributed by atoms with Crippen molar-refractivity contribution >= 4 is 28.1 Å². The molecular formula is C32H31N3O3. The van der Waals surface area contributed by atoms with Crippen LogP contribution in [0.4, 0.5) is 5.82 Å².